The number of hydrogen-bond donors (Lipinski definition) is 1. The monoisotopic (exact) mass is 356 g/mol. The summed E-state index contributed by atoms with van der Waals surface area (Å²) >= 11 is 0. The highest BCUT2D eigenvalue weighted by Crippen LogP contribution is 2.23. The first kappa shape index (κ1) is 19.3. The van der Waals surface area contributed by atoms with Crippen LogP contribution in [0.25, 0.3) is 0 Å². The normalized spacial score (nSPS) is 11.9. The van der Waals surface area contributed by atoms with Crippen molar-refractivity contribution in [3.63, 3.8) is 0 Å². The maximum atomic E-state index is 12.3. The summed E-state index contributed by atoms with van der Waals surface area (Å²) in [6.07, 6.45) is 0.621. The topological polar surface area (TPSA) is 89.1 Å². The van der Waals surface area contributed by atoms with Crippen LogP contribution >= 0.6 is 0 Å². The van der Waals surface area contributed by atoms with Gasteiger partial charge < -0.3 is 10.1 Å². The number of methoxy groups -OCH3 is 1. The molecule has 0 saturated carbocycles. The van der Waals surface area contributed by atoms with Gasteiger partial charge in [-0.25, -0.2) is 4.79 Å². The molecule has 0 aliphatic rings. The average Bonchev–Trinajstić information content (AvgIpc) is 2.64. The lowest BCUT2D eigenvalue weighted by molar-refractivity contribution is 0.405. The molecule has 1 heterocycles. The molecule has 138 valence electrons. The number of rotatable bonds is 6. The van der Waals surface area contributed by atoms with Crippen LogP contribution in [0.15, 0.2) is 33.9 Å². The predicted molar refractivity (Wildman–Crippen MR) is 101 cm³/mol. The van der Waals surface area contributed by atoms with Crippen LogP contribution in [-0.4, -0.2) is 22.3 Å². The van der Waals surface area contributed by atoms with Crippen LogP contribution in [0, 0.1) is 17.2 Å². The van der Waals surface area contributed by atoms with Crippen molar-refractivity contribution < 1.29 is 4.74 Å². The fourth-order valence-electron chi connectivity index (χ4n) is 2.85. The van der Waals surface area contributed by atoms with E-state index in [1.54, 1.807) is 14.2 Å². The molecule has 0 saturated heterocycles. The molecule has 0 aliphatic heterocycles. The lowest BCUT2D eigenvalue weighted by Crippen LogP contribution is -2.41. The minimum absolute atomic E-state index is 0.0692. The quantitative estimate of drug-likeness (QED) is 0.850. The van der Waals surface area contributed by atoms with Crippen molar-refractivity contribution in [2.75, 3.05) is 12.4 Å². The van der Waals surface area contributed by atoms with Gasteiger partial charge in [-0.15, -0.1) is 0 Å². The molecule has 1 atom stereocenters. The number of benzene rings is 1. The number of aromatic nitrogens is 2. The predicted octanol–water partition coefficient (Wildman–Crippen LogP) is 1.64. The molecule has 7 nitrogen and oxygen atoms in total. The second kappa shape index (κ2) is 7.91. The van der Waals surface area contributed by atoms with Crippen LogP contribution in [0.1, 0.15) is 25.0 Å². The van der Waals surface area contributed by atoms with Crippen LogP contribution in [-0.2, 0) is 20.5 Å². The van der Waals surface area contributed by atoms with Gasteiger partial charge in [0.05, 0.1) is 7.11 Å². The van der Waals surface area contributed by atoms with Gasteiger partial charge in [0.1, 0.15) is 17.6 Å². The van der Waals surface area contributed by atoms with E-state index in [2.05, 4.69) is 5.32 Å². The summed E-state index contributed by atoms with van der Waals surface area (Å²) < 4.78 is 7.65. The number of anilines is 1. The van der Waals surface area contributed by atoms with E-state index in [4.69, 9.17) is 4.74 Å². The highest BCUT2D eigenvalue weighted by molar-refractivity contribution is 5.52. The molecule has 1 N–H and O–H groups in total. The minimum atomic E-state index is -0.599. The standard InChI is InChI=1S/C19H24N4O3/c1-12(2)15(10-13-8-6-7-9-16(13)26-5)21-17-14(11-20)18(24)23(4)19(25)22(17)3/h6-9,12,15,21H,10H2,1-5H3. The Balaban J connectivity index is 2.48. The van der Waals surface area contributed by atoms with Gasteiger partial charge in [-0.1, -0.05) is 32.0 Å². The summed E-state index contributed by atoms with van der Waals surface area (Å²) in [7, 11) is 4.53. The fraction of sp³-hybridized carbons (Fsp3) is 0.421. The SMILES string of the molecule is COc1ccccc1CC(Nc1c(C#N)c(=O)n(C)c(=O)n1C)C(C)C. The van der Waals surface area contributed by atoms with Crippen LogP contribution in [0.3, 0.4) is 0 Å². The number of para-hydroxylation sites is 1. The Bertz CT molecular complexity index is 951. The zero-order chi connectivity index (χ0) is 19.4. The van der Waals surface area contributed by atoms with Crippen molar-refractivity contribution in [2.45, 2.75) is 26.3 Å². The van der Waals surface area contributed by atoms with Crippen LogP contribution in [0.2, 0.25) is 0 Å². The lowest BCUT2D eigenvalue weighted by Gasteiger charge is -2.26. The van der Waals surface area contributed by atoms with E-state index in [0.29, 0.717) is 6.42 Å². The number of ether oxygens (including phenoxy) is 1. The lowest BCUT2D eigenvalue weighted by atomic mass is 9.95. The summed E-state index contributed by atoms with van der Waals surface area (Å²) in [5.41, 5.74) is -0.136. The van der Waals surface area contributed by atoms with Crippen LogP contribution < -0.4 is 21.3 Å². The summed E-state index contributed by atoms with van der Waals surface area (Å²) in [6, 6.07) is 9.52. The molecule has 1 aromatic carbocycles. The van der Waals surface area contributed by atoms with Gasteiger partial charge in [0, 0.05) is 20.1 Å². The zero-order valence-corrected chi connectivity index (χ0v) is 15.7. The van der Waals surface area contributed by atoms with Gasteiger partial charge >= 0.3 is 5.69 Å². The second-order valence-electron chi connectivity index (χ2n) is 6.55. The molecule has 0 radical (unpaired) electrons. The number of nitriles is 1. The Hall–Kier alpha value is -3.01. The third-order valence-electron chi connectivity index (χ3n) is 4.54. The first-order chi connectivity index (χ1) is 12.3. The van der Waals surface area contributed by atoms with E-state index < -0.39 is 11.2 Å². The molecule has 0 aliphatic carbocycles. The number of hydrogen-bond acceptors (Lipinski definition) is 5. The third kappa shape index (κ3) is 3.64. The maximum Gasteiger partial charge on any atom is 0.332 e. The Morgan fingerprint density at radius 3 is 2.42 bits per heavy atom. The van der Waals surface area contributed by atoms with Crippen molar-refractivity contribution in [3.05, 3.63) is 56.2 Å². The molecular weight excluding hydrogens is 332 g/mol. The molecule has 2 aromatic rings. The molecule has 2 rings (SSSR count). The van der Waals surface area contributed by atoms with Gasteiger partial charge in [-0.3, -0.25) is 13.9 Å². The maximum absolute atomic E-state index is 12.3. The van der Waals surface area contributed by atoms with E-state index >= 15 is 0 Å². The Labute approximate surface area is 152 Å². The summed E-state index contributed by atoms with van der Waals surface area (Å²) in [4.78, 5) is 24.5. The minimum Gasteiger partial charge on any atom is -0.496 e. The van der Waals surface area contributed by atoms with Crippen LogP contribution in [0.5, 0.6) is 5.75 Å². The van der Waals surface area contributed by atoms with E-state index in [-0.39, 0.29) is 23.3 Å². The molecule has 0 spiro atoms. The zero-order valence-electron chi connectivity index (χ0n) is 15.7. The molecule has 0 bridgehead atoms. The summed E-state index contributed by atoms with van der Waals surface area (Å²) in [5, 5.41) is 12.7. The molecule has 7 heteroatoms. The number of nitrogens with one attached hydrogen (secondary N) is 1. The highest BCUT2D eigenvalue weighted by atomic mass is 16.5. The molecular formula is C19H24N4O3. The van der Waals surface area contributed by atoms with E-state index in [1.165, 1.54) is 11.6 Å². The number of nitrogens with zero attached hydrogens (tertiary/aromatic N) is 3. The van der Waals surface area contributed by atoms with Crippen molar-refractivity contribution >= 4 is 5.82 Å². The Morgan fingerprint density at radius 2 is 1.85 bits per heavy atom. The van der Waals surface area contributed by atoms with E-state index in [1.807, 2.05) is 44.2 Å². The van der Waals surface area contributed by atoms with Gasteiger partial charge in [0.25, 0.3) is 5.56 Å². The van der Waals surface area contributed by atoms with Crippen molar-refractivity contribution in [2.24, 2.45) is 20.0 Å². The molecule has 26 heavy (non-hydrogen) atoms. The van der Waals surface area contributed by atoms with Crippen molar-refractivity contribution in [1.82, 2.24) is 9.13 Å². The van der Waals surface area contributed by atoms with Gasteiger partial charge in [-0.05, 0) is 24.0 Å². The third-order valence-corrected chi connectivity index (χ3v) is 4.54. The molecule has 1 unspecified atom stereocenters. The van der Waals surface area contributed by atoms with Gasteiger partial charge in [0.15, 0.2) is 5.56 Å². The van der Waals surface area contributed by atoms with Crippen molar-refractivity contribution in [1.29, 1.82) is 5.26 Å². The average molecular weight is 356 g/mol. The van der Waals surface area contributed by atoms with Crippen LogP contribution in [0.4, 0.5) is 5.82 Å². The first-order valence-electron chi connectivity index (χ1n) is 8.40. The van der Waals surface area contributed by atoms with E-state index in [0.717, 1.165) is 15.9 Å². The summed E-state index contributed by atoms with van der Waals surface area (Å²) in [5.74, 6) is 1.21. The Kier molecular flexibility index (Phi) is 5.88. The Morgan fingerprint density at radius 1 is 1.19 bits per heavy atom. The molecule has 0 fully saturated rings. The second-order valence-corrected chi connectivity index (χ2v) is 6.55. The van der Waals surface area contributed by atoms with Gasteiger partial charge in [0.2, 0.25) is 0 Å². The largest absolute Gasteiger partial charge is 0.496 e. The summed E-state index contributed by atoms with van der Waals surface area (Å²) in [6.45, 7) is 4.08. The fourth-order valence-corrected chi connectivity index (χ4v) is 2.85. The van der Waals surface area contributed by atoms with Crippen molar-refractivity contribution in [3.8, 4) is 11.8 Å². The highest BCUT2D eigenvalue weighted by Gasteiger charge is 2.22. The van der Waals surface area contributed by atoms with Gasteiger partial charge in [-0.2, -0.15) is 5.26 Å². The molecule has 0 amide bonds. The first-order valence-corrected chi connectivity index (χ1v) is 8.40. The molecule has 1 aromatic heterocycles. The smallest absolute Gasteiger partial charge is 0.332 e. The van der Waals surface area contributed by atoms with E-state index in [9.17, 15) is 14.9 Å².